The highest BCUT2D eigenvalue weighted by molar-refractivity contribution is 6.31. The average molecular weight is 262 g/mol. The van der Waals surface area contributed by atoms with Gasteiger partial charge in [0.05, 0.1) is 18.2 Å². The van der Waals surface area contributed by atoms with E-state index in [0.717, 1.165) is 0 Å². The third kappa shape index (κ3) is 2.34. The fraction of sp³-hybridized carbons (Fsp3) is 0.0833. The summed E-state index contributed by atoms with van der Waals surface area (Å²) in [6.45, 7) is 0.249. The van der Waals surface area contributed by atoms with Crippen LogP contribution in [0.15, 0.2) is 30.5 Å². The summed E-state index contributed by atoms with van der Waals surface area (Å²) in [6, 6.07) is 8.26. The Labute approximate surface area is 108 Å². The highest BCUT2D eigenvalue weighted by atomic mass is 35.5. The molecule has 0 radical (unpaired) electrons. The van der Waals surface area contributed by atoms with E-state index in [1.807, 2.05) is 6.07 Å². The molecule has 18 heavy (non-hydrogen) atoms. The summed E-state index contributed by atoms with van der Waals surface area (Å²) >= 11 is 6.02. The summed E-state index contributed by atoms with van der Waals surface area (Å²) in [6.07, 6.45) is 1.42. The van der Waals surface area contributed by atoms with Gasteiger partial charge in [0.25, 0.3) is 0 Å². The molecule has 0 aliphatic carbocycles. The van der Waals surface area contributed by atoms with Crippen molar-refractivity contribution in [1.82, 2.24) is 9.78 Å². The van der Waals surface area contributed by atoms with Crippen molar-refractivity contribution in [2.75, 3.05) is 0 Å². The summed E-state index contributed by atoms with van der Waals surface area (Å²) in [5.74, 6) is -1.04. The molecule has 0 atom stereocenters. The Morgan fingerprint density at radius 3 is 2.89 bits per heavy atom. The number of hydrogen-bond acceptors (Lipinski definition) is 3. The van der Waals surface area contributed by atoms with Crippen LogP contribution in [0.2, 0.25) is 5.02 Å². The smallest absolute Gasteiger partial charge is 0.354 e. The molecule has 0 aliphatic heterocycles. The minimum Gasteiger partial charge on any atom is -0.477 e. The van der Waals surface area contributed by atoms with E-state index in [1.165, 1.54) is 16.9 Å². The van der Waals surface area contributed by atoms with Crippen molar-refractivity contribution in [1.29, 1.82) is 5.26 Å². The van der Waals surface area contributed by atoms with Gasteiger partial charge in [0.1, 0.15) is 5.69 Å². The summed E-state index contributed by atoms with van der Waals surface area (Å²) < 4.78 is 1.34. The molecule has 0 saturated heterocycles. The Balaban J connectivity index is 2.32. The number of hydrogen-bond donors (Lipinski definition) is 1. The maximum atomic E-state index is 10.9. The molecule has 0 saturated carbocycles. The fourth-order valence-corrected chi connectivity index (χ4v) is 1.79. The Kier molecular flexibility index (Phi) is 3.31. The SMILES string of the molecule is N#Cc1ccc(Cn2nccc2C(=O)O)c(Cl)c1. The Bertz CT molecular complexity index is 643. The van der Waals surface area contributed by atoms with Gasteiger partial charge in [-0.2, -0.15) is 10.4 Å². The second-order valence-corrected chi connectivity index (χ2v) is 4.00. The number of aromatic carboxylic acids is 1. The lowest BCUT2D eigenvalue weighted by molar-refractivity contribution is 0.0684. The maximum absolute atomic E-state index is 10.9. The van der Waals surface area contributed by atoms with Crippen LogP contribution >= 0.6 is 11.6 Å². The molecule has 0 amide bonds. The topological polar surface area (TPSA) is 78.9 Å². The first-order valence-electron chi connectivity index (χ1n) is 5.05. The van der Waals surface area contributed by atoms with Crippen LogP contribution in [0.5, 0.6) is 0 Å². The zero-order valence-corrected chi connectivity index (χ0v) is 9.92. The molecule has 2 aromatic rings. The summed E-state index contributed by atoms with van der Waals surface area (Å²) in [7, 11) is 0. The third-order valence-corrected chi connectivity index (χ3v) is 2.79. The Morgan fingerprint density at radius 2 is 2.28 bits per heavy atom. The van der Waals surface area contributed by atoms with Crippen molar-refractivity contribution in [2.45, 2.75) is 6.54 Å². The minimum absolute atomic E-state index is 0.0930. The van der Waals surface area contributed by atoms with E-state index in [0.29, 0.717) is 16.1 Å². The van der Waals surface area contributed by atoms with E-state index in [9.17, 15) is 4.79 Å². The van der Waals surface area contributed by atoms with Crippen molar-refractivity contribution in [3.05, 3.63) is 52.3 Å². The molecule has 90 valence electrons. The normalized spacial score (nSPS) is 10.0. The number of nitriles is 1. The lowest BCUT2D eigenvalue weighted by atomic mass is 10.1. The van der Waals surface area contributed by atoms with Crippen molar-refractivity contribution < 1.29 is 9.90 Å². The number of halogens is 1. The van der Waals surface area contributed by atoms with Crippen LogP contribution in [0.1, 0.15) is 21.6 Å². The van der Waals surface area contributed by atoms with Gasteiger partial charge in [-0.15, -0.1) is 0 Å². The standard InChI is InChI=1S/C12H8ClN3O2/c13-10-5-8(6-14)1-2-9(10)7-16-11(12(17)18)3-4-15-16/h1-5H,7H2,(H,17,18). The molecule has 1 aromatic carbocycles. The van der Waals surface area contributed by atoms with Crippen LogP contribution < -0.4 is 0 Å². The number of aromatic nitrogens is 2. The Hall–Kier alpha value is -2.32. The van der Waals surface area contributed by atoms with Gasteiger partial charge in [0.2, 0.25) is 0 Å². The summed E-state index contributed by atoms with van der Waals surface area (Å²) in [5, 5.41) is 22.0. The van der Waals surface area contributed by atoms with Gasteiger partial charge in [-0.1, -0.05) is 17.7 Å². The minimum atomic E-state index is -1.04. The summed E-state index contributed by atoms with van der Waals surface area (Å²) in [5.41, 5.74) is 1.26. The van der Waals surface area contributed by atoms with E-state index in [4.69, 9.17) is 22.0 Å². The highest BCUT2D eigenvalue weighted by Gasteiger charge is 2.11. The van der Waals surface area contributed by atoms with Crippen LogP contribution in [0.25, 0.3) is 0 Å². The van der Waals surface area contributed by atoms with Gasteiger partial charge < -0.3 is 5.11 Å². The van der Waals surface area contributed by atoms with E-state index in [2.05, 4.69) is 5.10 Å². The number of rotatable bonds is 3. The molecular weight excluding hydrogens is 254 g/mol. The first-order valence-corrected chi connectivity index (χ1v) is 5.43. The molecule has 1 aromatic heterocycles. The van der Waals surface area contributed by atoms with Gasteiger partial charge in [0, 0.05) is 11.2 Å². The maximum Gasteiger partial charge on any atom is 0.354 e. The van der Waals surface area contributed by atoms with Crippen molar-refractivity contribution in [3.63, 3.8) is 0 Å². The molecule has 2 rings (SSSR count). The molecule has 1 heterocycles. The van der Waals surface area contributed by atoms with E-state index >= 15 is 0 Å². The van der Waals surface area contributed by atoms with E-state index in [-0.39, 0.29) is 12.2 Å². The highest BCUT2D eigenvalue weighted by Crippen LogP contribution is 2.19. The van der Waals surface area contributed by atoms with Gasteiger partial charge in [-0.05, 0) is 23.8 Å². The predicted octanol–water partition coefficient (Wildman–Crippen LogP) is 2.15. The fourth-order valence-electron chi connectivity index (χ4n) is 1.55. The van der Waals surface area contributed by atoms with Gasteiger partial charge in [0.15, 0.2) is 0 Å². The van der Waals surface area contributed by atoms with Crippen LogP contribution in [-0.4, -0.2) is 20.9 Å². The predicted molar refractivity (Wildman–Crippen MR) is 64.5 cm³/mol. The summed E-state index contributed by atoms with van der Waals surface area (Å²) in [4.78, 5) is 10.9. The Morgan fingerprint density at radius 1 is 1.50 bits per heavy atom. The first kappa shape index (κ1) is 12.1. The molecule has 5 nitrogen and oxygen atoms in total. The quantitative estimate of drug-likeness (QED) is 0.918. The van der Waals surface area contributed by atoms with Crippen molar-refractivity contribution in [3.8, 4) is 6.07 Å². The van der Waals surface area contributed by atoms with Crippen LogP contribution in [0.3, 0.4) is 0 Å². The average Bonchev–Trinajstić information content (AvgIpc) is 2.80. The molecule has 1 N–H and O–H groups in total. The second-order valence-electron chi connectivity index (χ2n) is 3.60. The zero-order chi connectivity index (χ0) is 13.1. The number of carbonyl (C=O) groups is 1. The second kappa shape index (κ2) is 4.90. The zero-order valence-electron chi connectivity index (χ0n) is 9.17. The van der Waals surface area contributed by atoms with Crippen LogP contribution in [-0.2, 0) is 6.54 Å². The molecule has 6 heteroatoms. The molecule has 0 unspecified atom stereocenters. The number of benzene rings is 1. The molecule has 0 fully saturated rings. The molecule has 0 aliphatic rings. The van der Waals surface area contributed by atoms with Gasteiger partial charge in [-0.3, -0.25) is 4.68 Å². The number of carboxylic acid groups (broad SMARTS) is 1. The van der Waals surface area contributed by atoms with Crippen molar-refractivity contribution in [2.24, 2.45) is 0 Å². The number of carboxylic acids is 1. The largest absolute Gasteiger partial charge is 0.477 e. The van der Waals surface area contributed by atoms with Gasteiger partial charge in [-0.25, -0.2) is 4.79 Å². The lowest BCUT2D eigenvalue weighted by Gasteiger charge is -2.06. The molecule has 0 spiro atoms. The number of nitrogens with zero attached hydrogens (tertiary/aromatic N) is 3. The van der Waals surface area contributed by atoms with Crippen LogP contribution in [0.4, 0.5) is 0 Å². The molecular formula is C12H8ClN3O2. The monoisotopic (exact) mass is 261 g/mol. The van der Waals surface area contributed by atoms with E-state index < -0.39 is 5.97 Å². The van der Waals surface area contributed by atoms with Crippen molar-refractivity contribution >= 4 is 17.6 Å². The third-order valence-electron chi connectivity index (χ3n) is 2.44. The lowest BCUT2D eigenvalue weighted by Crippen LogP contribution is -2.11. The van der Waals surface area contributed by atoms with Gasteiger partial charge >= 0.3 is 5.97 Å². The van der Waals surface area contributed by atoms with Crippen LogP contribution in [0, 0.1) is 11.3 Å². The molecule has 0 bridgehead atoms. The van der Waals surface area contributed by atoms with E-state index in [1.54, 1.807) is 18.2 Å². The first-order chi connectivity index (χ1) is 8.61.